The van der Waals surface area contributed by atoms with Gasteiger partial charge in [0.2, 0.25) is 0 Å². The van der Waals surface area contributed by atoms with Crippen LogP contribution in [0.15, 0.2) is 11.4 Å². The first-order chi connectivity index (χ1) is 7.88. The fourth-order valence-corrected chi connectivity index (χ4v) is 2.42. The van der Waals surface area contributed by atoms with E-state index in [1.54, 1.807) is 11.3 Å². The van der Waals surface area contributed by atoms with E-state index in [1.807, 2.05) is 7.05 Å². The molecule has 1 N–H and O–H groups in total. The molecule has 1 nitrogen and oxygen atoms in total. The van der Waals surface area contributed by atoms with E-state index >= 15 is 0 Å². The summed E-state index contributed by atoms with van der Waals surface area (Å²) in [6, 6.07) is 2.22. The van der Waals surface area contributed by atoms with E-state index < -0.39 is 0 Å². The van der Waals surface area contributed by atoms with Gasteiger partial charge in [0.05, 0.1) is 11.4 Å². The van der Waals surface area contributed by atoms with Gasteiger partial charge in [0, 0.05) is 0 Å². The summed E-state index contributed by atoms with van der Waals surface area (Å²) in [6.45, 7) is 3.02. The lowest BCUT2D eigenvalue weighted by atomic mass is 10.1. The summed E-state index contributed by atoms with van der Waals surface area (Å²) >= 11 is 1.76. The fourth-order valence-electron chi connectivity index (χ4n) is 1.60. The molecular formula is C14H21NS. The third kappa shape index (κ3) is 4.83. The van der Waals surface area contributed by atoms with E-state index in [1.165, 1.54) is 42.5 Å². The van der Waals surface area contributed by atoms with Crippen LogP contribution in [0.1, 0.15) is 43.0 Å². The molecule has 0 aliphatic heterocycles. The van der Waals surface area contributed by atoms with Crippen molar-refractivity contribution in [3.63, 3.8) is 0 Å². The van der Waals surface area contributed by atoms with Crippen molar-refractivity contribution in [1.29, 1.82) is 0 Å². The summed E-state index contributed by atoms with van der Waals surface area (Å²) in [7, 11) is 1.93. The second kappa shape index (κ2) is 8.38. The van der Waals surface area contributed by atoms with E-state index in [4.69, 9.17) is 0 Å². The van der Waals surface area contributed by atoms with E-state index in [-0.39, 0.29) is 0 Å². The quantitative estimate of drug-likeness (QED) is 0.588. The molecule has 0 aliphatic rings. The minimum absolute atomic E-state index is 0.771. The van der Waals surface area contributed by atoms with Crippen molar-refractivity contribution in [3.8, 4) is 11.8 Å². The largest absolute Gasteiger partial charge is 0.309 e. The maximum atomic E-state index is 3.24. The third-order valence-corrected chi connectivity index (χ3v) is 3.39. The monoisotopic (exact) mass is 235 g/mol. The maximum absolute atomic E-state index is 3.24. The molecule has 0 unspecified atom stereocenters. The fraction of sp³-hybridized carbons (Fsp3) is 0.571. The number of thiophene rings is 1. The molecule has 0 fully saturated rings. The Morgan fingerprint density at radius 1 is 1.31 bits per heavy atom. The van der Waals surface area contributed by atoms with Crippen LogP contribution in [0.25, 0.3) is 0 Å². The van der Waals surface area contributed by atoms with Crippen LogP contribution in [0, 0.1) is 11.8 Å². The number of hydrogen-bond donors (Lipinski definition) is 1. The zero-order chi connectivity index (χ0) is 11.6. The van der Waals surface area contributed by atoms with Gasteiger partial charge in [0.25, 0.3) is 0 Å². The number of rotatable bonds is 6. The predicted molar refractivity (Wildman–Crippen MR) is 73.0 cm³/mol. The van der Waals surface area contributed by atoms with Gasteiger partial charge in [-0.15, -0.1) is 11.3 Å². The van der Waals surface area contributed by atoms with Crippen molar-refractivity contribution >= 4 is 11.3 Å². The highest BCUT2D eigenvalue weighted by atomic mass is 32.1. The lowest BCUT2D eigenvalue weighted by Gasteiger charge is -1.98. The smallest absolute Gasteiger partial charge is 0.0800 e. The van der Waals surface area contributed by atoms with Crippen molar-refractivity contribution in [2.24, 2.45) is 0 Å². The molecule has 0 spiro atoms. The van der Waals surface area contributed by atoms with Gasteiger partial charge in [-0.1, -0.05) is 38.0 Å². The summed E-state index contributed by atoms with van der Waals surface area (Å²) in [5, 5.41) is 5.19. The standard InChI is InChI=1S/C14H21NS/c1-3-4-5-6-8-13-10-12-16-14(13)9-7-11-15-2/h10,12,15H,3-6,8,11H2,1-2H3. The van der Waals surface area contributed by atoms with Crippen molar-refractivity contribution in [3.05, 3.63) is 21.9 Å². The van der Waals surface area contributed by atoms with Gasteiger partial charge in [-0.05, 0) is 36.9 Å². The summed E-state index contributed by atoms with van der Waals surface area (Å²) in [6.07, 6.45) is 6.48. The summed E-state index contributed by atoms with van der Waals surface area (Å²) in [5.41, 5.74) is 1.43. The SMILES string of the molecule is CCCCCCc1ccsc1C#CCNC. The van der Waals surface area contributed by atoms with Crippen molar-refractivity contribution < 1.29 is 0 Å². The lowest BCUT2D eigenvalue weighted by Crippen LogP contribution is -2.04. The Bertz CT molecular complexity index is 343. The first-order valence-electron chi connectivity index (χ1n) is 6.08. The molecule has 0 radical (unpaired) electrons. The summed E-state index contributed by atoms with van der Waals surface area (Å²) in [4.78, 5) is 1.26. The topological polar surface area (TPSA) is 12.0 Å². The molecule has 1 rings (SSSR count). The van der Waals surface area contributed by atoms with Crippen LogP contribution < -0.4 is 5.32 Å². The number of nitrogens with one attached hydrogen (secondary N) is 1. The molecule has 1 aromatic rings. The van der Waals surface area contributed by atoms with Gasteiger partial charge in [0.1, 0.15) is 0 Å². The highest BCUT2D eigenvalue weighted by Crippen LogP contribution is 2.18. The maximum Gasteiger partial charge on any atom is 0.0800 e. The molecular weight excluding hydrogens is 214 g/mol. The molecule has 88 valence electrons. The molecule has 2 heteroatoms. The van der Waals surface area contributed by atoms with Crippen LogP contribution >= 0.6 is 11.3 Å². The second-order valence-electron chi connectivity index (χ2n) is 3.92. The lowest BCUT2D eigenvalue weighted by molar-refractivity contribution is 0.667. The average molecular weight is 235 g/mol. The highest BCUT2D eigenvalue weighted by Gasteiger charge is 2.00. The molecule has 0 aliphatic carbocycles. The van der Waals surface area contributed by atoms with Gasteiger partial charge >= 0.3 is 0 Å². The Balaban J connectivity index is 2.42. The van der Waals surface area contributed by atoms with Crippen molar-refractivity contribution in [2.45, 2.75) is 39.0 Å². The Kier molecular flexibility index (Phi) is 6.96. The first kappa shape index (κ1) is 13.3. The predicted octanol–water partition coefficient (Wildman–Crippen LogP) is 3.44. The highest BCUT2D eigenvalue weighted by molar-refractivity contribution is 7.10. The summed E-state index contributed by atoms with van der Waals surface area (Å²) < 4.78 is 0. The molecule has 16 heavy (non-hydrogen) atoms. The number of aryl methyl sites for hydroxylation is 1. The summed E-state index contributed by atoms with van der Waals surface area (Å²) in [5.74, 6) is 6.37. The number of unbranched alkanes of at least 4 members (excludes halogenated alkanes) is 3. The molecule has 0 bridgehead atoms. The van der Waals surface area contributed by atoms with E-state index in [9.17, 15) is 0 Å². The van der Waals surface area contributed by atoms with E-state index in [2.05, 4.69) is 35.5 Å². The number of hydrogen-bond acceptors (Lipinski definition) is 2. The molecule has 0 atom stereocenters. The van der Waals surface area contributed by atoms with Crippen LogP contribution in [-0.2, 0) is 6.42 Å². The molecule has 1 aromatic heterocycles. The van der Waals surface area contributed by atoms with Crippen LogP contribution in [0.4, 0.5) is 0 Å². The molecule has 0 aromatic carbocycles. The van der Waals surface area contributed by atoms with Crippen LogP contribution in [-0.4, -0.2) is 13.6 Å². The van der Waals surface area contributed by atoms with E-state index in [0.29, 0.717) is 0 Å². The molecule has 0 saturated carbocycles. The average Bonchev–Trinajstić information content (AvgIpc) is 2.73. The minimum atomic E-state index is 0.771. The Hall–Kier alpha value is -0.780. The Morgan fingerprint density at radius 3 is 2.94 bits per heavy atom. The van der Waals surface area contributed by atoms with Crippen molar-refractivity contribution in [1.82, 2.24) is 5.32 Å². The van der Waals surface area contributed by atoms with Crippen LogP contribution in [0.5, 0.6) is 0 Å². The third-order valence-electron chi connectivity index (χ3n) is 2.51. The molecule has 0 amide bonds. The van der Waals surface area contributed by atoms with Gasteiger partial charge in [-0.25, -0.2) is 0 Å². The Labute approximate surface area is 103 Å². The zero-order valence-corrected chi connectivity index (χ0v) is 11.1. The minimum Gasteiger partial charge on any atom is -0.309 e. The van der Waals surface area contributed by atoms with Gasteiger partial charge in [-0.2, -0.15) is 0 Å². The first-order valence-corrected chi connectivity index (χ1v) is 6.96. The van der Waals surface area contributed by atoms with E-state index in [0.717, 1.165) is 6.54 Å². The van der Waals surface area contributed by atoms with Crippen LogP contribution in [0.2, 0.25) is 0 Å². The normalized spacial score (nSPS) is 9.88. The van der Waals surface area contributed by atoms with Crippen LogP contribution in [0.3, 0.4) is 0 Å². The molecule has 1 heterocycles. The van der Waals surface area contributed by atoms with Gasteiger partial charge in [-0.3, -0.25) is 0 Å². The van der Waals surface area contributed by atoms with Gasteiger partial charge in [0.15, 0.2) is 0 Å². The van der Waals surface area contributed by atoms with Gasteiger partial charge < -0.3 is 5.32 Å². The van der Waals surface area contributed by atoms with Crippen molar-refractivity contribution in [2.75, 3.05) is 13.6 Å². The Morgan fingerprint density at radius 2 is 2.19 bits per heavy atom. The molecule has 0 saturated heterocycles. The second-order valence-corrected chi connectivity index (χ2v) is 4.83. The zero-order valence-electron chi connectivity index (χ0n) is 10.3.